The second kappa shape index (κ2) is 7.71. The monoisotopic (exact) mass is 493 g/mol. The lowest BCUT2D eigenvalue weighted by molar-refractivity contribution is 0.0906. The van der Waals surface area contributed by atoms with Crippen LogP contribution < -0.4 is 4.84 Å². The van der Waals surface area contributed by atoms with Gasteiger partial charge in [0, 0.05) is 47.0 Å². The maximum Gasteiger partial charge on any atom is 0.256 e. The van der Waals surface area contributed by atoms with Crippen molar-refractivity contribution < 1.29 is 9.25 Å². The highest BCUT2D eigenvalue weighted by molar-refractivity contribution is 9.10. The summed E-state index contributed by atoms with van der Waals surface area (Å²) in [4.78, 5) is 12.8. The first kappa shape index (κ1) is 19.9. The molecule has 32 heavy (non-hydrogen) atoms. The molecule has 3 atom stereocenters. The van der Waals surface area contributed by atoms with Gasteiger partial charge in [0.2, 0.25) is 5.89 Å². The van der Waals surface area contributed by atoms with Crippen molar-refractivity contribution in [3.05, 3.63) is 64.3 Å². The summed E-state index contributed by atoms with van der Waals surface area (Å²) in [6.07, 6.45) is 7.84. The van der Waals surface area contributed by atoms with Crippen LogP contribution in [0.2, 0.25) is 0 Å². The highest BCUT2D eigenvalue weighted by Gasteiger charge is 2.38. The molecular formula is C24H24BrN5O2. The fourth-order valence-corrected chi connectivity index (χ4v) is 5.84. The van der Waals surface area contributed by atoms with Gasteiger partial charge >= 0.3 is 0 Å². The standard InChI is InChI=1S/C24H24BrN5O2/c1-14-6-19-18-4-3-5-20-23(18)16(8-21(19)29(2)11-14)12-30(20)31-13-22-27-28-24(32-22)15-7-17(25)10-26-9-15/h3-5,7,9-10,12,14,19,21H,6,8,11,13H2,1-2H3/t14-,19+,21+/m0/s1. The predicted molar refractivity (Wildman–Crippen MR) is 124 cm³/mol. The van der Waals surface area contributed by atoms with Crippen molar-refractivity contribution in [2.45, 2.75) is 38.3 Å². The molecule has 1 saturated heterocycles. The van der Waals surface area contributed by atoms with Gasteiger partial charge in [-0.15, -0.1) is 10.2 Å². The smallest absolute Gasteiger partial charge is 0.256 e. The fourth-order valence-electron chi connectivity index (χ4n) is 5.48. The van der Waals surface area contributed by atoms with E-state index in [4.69, 9.17) is 9.25 Å². The van der Waals surface area contributed by atoms with Crippen LogP contribution in [0.1, 0.15) is 36.3 Å². The Balaban J connectivity index is 1.28. The number of hydrogen-bond donors (Lipinski definition) is 0. The highest BCUT2D eigenvalue weighted by Crippen LogP contribution is 2.44. The summed E-state index contributed by atoms with van der Waals surface area (Å²) in [6, 6.07) is 9.02. The molecule has 0 bridgehead atoms. The Morgan fingerprint density at radius 2 is 2.16 bits per heavy atom. The molecule has 8 heteroatoms. The molecule has 0 N–H and O–H groups in total. The van der Waals surface area contributed by atoms with Crippen LogP contribution in [0.25, 0.3) is 22.4 Å². The summed E-state index contributed by atoms with van der Waals surface area (Å²) >= 11 is 3.42. The molecule has 0 amide bonds. The molecular weight excluding hydrogens is 470 g/mol. The molecule has 7 nitrogen and oxygen atoms in total. The van der Waals surface area contributed by atoms with Crippen molar-refractivity contribution in [2.75, 3.05) is 13.6 Å². The van der Waals surface area contributed by atoms with E-state index >= 15 is 0 Å². The number of rotatable bonds is 4. The highest BCUT2D eigenvalue weighted by atomic mass is 79.9. The number of aromatic nitrogens is 4. The zero-order valence-corrected chi connectivity index (χ0v) is 19.6. The molecule has 0 radical (unpaired) electrons. The summed E-state index contributed by atoms with van der Waals surface area (Å²) in [5.74, 6) is 2.14. The molecule has 0 saturated carbocycles. The van der Waals surface area contributed by atoms with Gasteiger partial charge in [-0.1, -0.05) is 19.1 Å². The number of fused-ring (bicyclic) bond motifs is 2. The third-order valence-electron chi connectivity index (χ3n) is 6.77. The van der Waals surface area contributed by atoms with Crippen molar-refractivity contribution in [3.63, 3.8) is 0 Å². The number of benzene rings is 1. The number of nitrogens with zero attached hydrogens (tertiary/aromatic N) is 5. The number of piperidine rings is 1. The Hall–Kier alpha value is -2.71. The zero-order chi connectivity index (χ0) is 21.8. The molecule has 1 fully saturated rings. The minimum absolute atomic E-state index is 0.200. The molecule has 1 aliphatic heterocycles. The Kier molecular flexibility index (Phi) is 4.80. The molecule has 4 heterocycles. The normalized spacial score (nSPS) is 22.8. The van der Waals surface area contributed by atoms with Gasteiger partial charge in [-0.3, -0.25) is 4.98 Å². The van der Waals surface area contributed by atoms with E-state index in [1.165, 1.54) is 22.9 Å². The Morgan fingerprint density at radius 1 is 1.25 bits per heavy atom. The van der Waals surface area contributed by atoms with Crippen molar-refractivity contribution in [2.24, 2.45) is 5.92 Å². The van der Waals surface area contributed by atoms with E-state index in [2.05, 4.69) is 74.4 Å². The van der Waals surface area contributed by atoms with Gasteiger partial charge in [0.1, 0.15) is 0 Å². The van der Waals surface area contributed by atoms with Gasteiger partial charge in [-0.25, -0.2) is 0 Å². The van der Waals surface area contributed by atoms with Crippen LogP contribution in [0.5, 0.6) is 0 Å². The summed E-state index contributed by atoms with van der Waals surface area (Å²) in [5.41, 5.74) is 4.68. The Morgan fingerprint density at radius 3 is 3.03 bits per heavy atom. The maximum absolute atomic E-state index is 6.13. The predicted octanol–water partition coefficient (Wildman–Crippen LogP) is 4.46. The Bertz CT molecular complexity index is 1300. The Labute approximate surface area is 194 Å². The van der Waals surface area contributed by atoms with E-state index in [-0.39, 0.29) is 6.61 Å². The van der Waals surface area contributed by atoms with Crippen LogP contribution in [0.4, 0.5) is 0 Å². The van der Waals surface area contributed by atoms with E-state index in [1.807, 2.05) is 10.8 Å². The maximum atomic E-state index is 6.13. The summed E-state index contributed by atoms with van der Waals surface area (Å²) in [5, 5.41) is 9.64. The minimum Gasteiger partial charge on any atom is -0.417 e. The lowest BCUT2D eigenvalue weighted by Gasteiger charge is -2.44. The van der Waals surface area contributed by atoms with Gasteiger partial charge in [-0.2, -0.15) is 4.73 Å². The van der Waals surface area contributed by atoms with E-state index in [0.717, 1.165) is 28.5 Å². The second-order valence-corrected chi connectivity index (χ2v) is 9.96. The van der Waals surface area contributed by atoms with Gasteiger partial charge in [0.15, 0.2) is 6.61 Å². The van der Waals surface area contributed by atoms with Crippen LogP contribution in [0.15, 0.2) is 51.7 Å². The molecule has 2 aliphatic rings. The van der Waals surface area contributed by atoms with E-state index < -0.39 is 0 Å². The first-order chi connectivity index (χ1) is 15.6. The SMILES string of the molecule is C[C@H]1C[C@@H]2c3cccc4c3c(cn4OCc3nnc(-c4cncc(Br)c4)o3)C[C@H]2N(C)C1. The van der Waals surface area contributed by atoms with Crippen molar-refractivity contribution in [1.29, 1.82) is 0 Å². The van der Waals surface area contributed by atoms with E-state index in [9.17, 15) is 0 Å². The topological polar surface area (TPSA) is 69.2 Å². The summed E-state index contributed by atoms with van der Waals surface area (Å²) < 4.78 is 8.54. The van der Waals surface area contributed by atoms with Gasteiger partial charge < -0.3 is 14.2 Å². The zero-order valence-electron chi connectivity index (χ0n) is 18.0. The molecule has 1 aliphatic carbocycles. The van der Waals surface area contributed by atoms with Crippen LogP contribution in [-0.4, -0.2) is 44.4 Å². The fraction of sp³-hybridized carbons (Fsp3) is 0.375. The second-order valence-electron chi connectivity index (χ2n) is 9.05. The first-order valence-electron chi connectivity index (χ1n) is 11.0. The average molecular weight is 494 g/mol. The first-order valence-corrected chi connectivity index (χ1v) is 11.8. The van der Waals surface area contributed by atoms with E-state index in [1.54, 1.807) is 12.4 Å². The quantitative estimate of drug-likeness (QED) is 0.418. The summed E-state index contributed by atoms with van der Waals surface area (Å²) in [7, 11) is 2.26. The molecule has 3 aromatic heterocycles. The third-order valence-corrected chi connectivity index (χ3v) is 7.20. The molecule has 0 unspecified atom stereocenters. The van der Waals surface area contributed by atoms with Crippen LogP contribution in [0.3, 0.4) is 0 Å². The van der Waals surface area contributed by atoms with Gasteiger partial charge in [0.25, 0.3) is 5.89 Å². The molecule has 4 aromatic rings. The van der Waals surface area contributed by atoms with E-state index in [0.29, 0.717) is 29.7 Å². The molecule has 1 aromatic carbocycles. The van der Waals surface area contributed by atoms with Crippen molar-refractivity contribution >= 4 is 26.8 Å². The van der Waals surface area contributed by atoms with Crippen molar-refractivity contribution in [3.8, 4) is 11.5 Å². The molecule has 6 rings (SSSR count). The summed E-state index contributed by atoms with van der Waals surface area (Å²) in [6.45, 7) is 3.72. The third kappa shape index (κ3) is 3.33. The van der Waals surface area contributed by atoms with Gasteiger partial charge in [0.05, 0.1) is 11.1 Å². The lowest BCUT2D eigenvalue weighted by atomic mass is 9.73. The number of likely N-dealkylation sites (tertiary alicyclic amines) is 1. The molecule has 164 valence electrons. The van der Waals surface area contributed by atoms with Crippen LogP contribution in [-0.2, 0) is 13.0 Å². The molecule has 0 spiro atoms. The average Bonchev–Trinajstić information content (AvgIpc) is 3.39. The number of likely N-dealkylation sites (N-methyl/N-ethyl adjacent to an activating group) is 1. The van der Waals surface area contributed by atoms with Gasteiger partial charge in [-0.05, 0) is 65.0 Å². The largest absolute Gasteiger partial charge is 0.417 e. The number of hydrogen-bond acceptors (Lipinski definition) is 6. The minimum atomic E-state index is 0.200. The number of pyridine rings is 1. The van der Waals surface area contributed by atoms with Crippen molar-refractivity contribution in [1.82, 2.24) is 24.8 Å². The van der Waals surface area contributed by atoms with Crippen LogP contribution in [0, 0.1) is 5.92 Å². The lowest BCUT2D eigenvalue weighted by Crippen LogP contribution is -2.47. The van der Waals surface area contributed by atoms with Crippen LogP contribution >= 0.6 is 15.9 Å². The number of halogens is 1.